The lowest BCUT2D eigenvalue weighted by molar-refractivity contribution is 0.450. The normalized spacial score (nSPS) is 10.7. The lowest BCUT2D eigenvalue weighted by atomic mass is 10.2. The minimum Gasteiger partial charge on any atom is -0.356 e. The second-order valence-corrected chi connectivity index (χ2v) is 2.96. The van der Waals surface area contributed by atoms with E-state index in [1.165, 1.54) is 0 Å². The van der Waals surface area contributed by atoms with Gasteiger partial charge in [-0.05, 0) is 25.1 Å². The molecule has 0 N–H and O–H groups in total. The van der Waals surface area contributed by atoms with Gasteiger partial charge in [0.2, 0.25) is 0 Å². The van der Waals surface area contributed by atoms with Gasteiger partial charge in [-0.1, -0.05) is 5.16 Å². The predicted molar refractivity (Wildman–Crippen MR) is 46.0 cm³/mol. The predicted octanol–water partition coefficient (Wildman–Crippen LogP) is 2.42. The molecule has 0 aliphatic carbocycles. The monoisotopic (exact) mass is 165 g/mol. The number of rotatable bonds is 0. The first-order valence-electron chi connectivity index (χ1n) is 3.32. The highest BCUT2D eigenvalue weighted by molar-refractivity contribution is 7.80. The Labute approximate surface area is 69.6 Å². The van der Waals surface area contributed by atoms with E-state index < -0.39 is 0 Å². The van der Waals surface area contributed by atoms with Crippen LogP contribution in [0.3, 0.4) is 0 Å². The first kappa shape index (κ1) is 6.73. The molecule has 56 valence electrons. The zero-order valence-corrected chi connectivity index (χ0v) is 6.93. The van der Waals surface area contributed by atoms with Crippen LogP contribution in [0.15, 0.2) is 27.6 Å². The van der Waals surface area contributed by atoms with Crippen molar-refractivity contribution in [2.75, 3.05) is 0 Å². The van der Waals surface area contributed by atoms with Gasteiger partial charge in [0.1, 0.15) is 0 Å². The minimum absolute atomic E-state index is 0.801. The van der Waals surface area contributed by atoms with E-state index in [2.05, 4.69) is 17.8 Å². The first-order chi connectivity index (χ1) is 5.27. The number of aryl methyl sites for hydroxylation is 1. The van der Waals surface area contributed by atoms with Gasteiger partial charge in [0, 0.05) is 10.3 Å². The standard InChI is InChI=1S/C8H7NOS/c1-5-7-3-2-6(11)4-8(7)10-9-5/h2-4,11H,1H3. The van der Waals surface area contributed by atoms with Gasteiger partial charge in [0.25, 0.3) is 0 Å². The molecule has 1 heterocycles. The van der Waals surface area contributed by atoms with Crippen molar-refractivity contribution in [3.63, 3.8) is 0 Å². The fraction of sp³-hybridized carbons (Fsp3) is 0.125. The topological polar surface area (TPSA) is 26.0 Å². The van der Waals surface area contributed by atoms with Crippen LogP contribution in [0.2, 0.25) is 0 Å². The molecule has 2 rings (SSSR count). The summed E-state index contributed by atoms with van der Waals surface area (Å²) in [6, 6.07) is 5.75. The number of fused-ring (bicyclic) bond motifs is 1. The Morgan fingerprint density at radius 2 is 2.27 bits per heavy atom. The van der Waals surface area contributed by atoms with E-state index in [1.54, 1.807) is 0 Å². The van der Waals surface area contributed by atoms with Crippen molar-refractivity contribution < 1.29 is 4.52 Å². The molecule has 3 heteroatoms. The van der Waals surface area contributed by atoms with Crippen LogP contribution in [0, 0.1) is 6.92 Å². The van der Waals surface area contributed by atoms with Crippen LogP contribution in [0.1, 0.15) is 5.69 Å². The fourth-order valence-electron chi connectivity index (χ4n) is 1.05. The smallest absolute Gasteiger partial charge is 0.168 e. The summed E-state index contributed by atoms with van der Waals surface area (Å²) in [6.45, 7) is 1.92. The molecule has 1 aromatic carbocycles. The van der Waals surface area contributed by atoms with Crippen LogP contribution in [-0.2, 0) is 0 Å². The lowest BCUT2D eigenvalue weighted by Crippen LogP contribution is -1.69. The van der Waals surface area contributed by atoms with Gasteiger partial charge in [0.05, 0.1) is 5.69 Å². The zero-order chi connectivity index (χ0) is 7.84. The largest absolute Gasteiger partial charge is 0.356 e. The van der Waals surface area contributed by atoms with Gasteiger partial charge in [0.15, 0.2) is 5.58 Å². The summed E-state index contributed by atoms with van der Waals surface area (Å²) in [5, 5.41) is 4.89. The van der Waals surface area contributed by atoms with Gasteiger partial charge in [-0.25, -0.2) is 0 Å². The Balaban J connectivity index is 2.86. The van der Waals surface area contributed by atoms with Gasteiger partial charge in [-0.3, -0.25) is 0 Å². The summed E-state index contributed by atoms with van der Waals surface area (Å²) in [5.74, 6) is 0. The summed E-state index contributed by atoms with van der Waals surface area (Å²) in [4.78, 5) is 0.897. The number of nitrogens with zero attached hydrogens (tertiary/aromatic N) is 1. The van der Waals surface area contributed by atoms with Crippen LogP contribution >= 0.6 is 12.6 Å². The van der Waals surface area contributed by atoms with Crippen LogP contribution in [-0.4, -0.2) is 5.16 Å². The average molecular weight is 165 g/mol. The number of aromatic nitrogens is 1. The van der Waals surface area contributed by atoms with E-state index in [1.807, 2.05) is 25.1 Å². The van der Waals surface area contributed by atoms with Crippen molar-refractivity contribution in [2.45, 2.75) is 11.8 Å². The molecule has 0 fully saturated rings. The Morgan fingerprint density at radius 3 is 3.09 bits per heavy atom. The summed E-state index contributed by atoms with van der Waals surface area (Å²) in [6.07, 6.45) is 0. The van der Waals surface area contributed by atoms with Gasteiger partial charge < -0.3 is 4.52 Å². The molecule has 0 amide bonds. The molecule has 0 saturated heterocycles. The van der Waals surface area contributed by atoms with Crippen LogP contribution in [0.4, 0.5) is 0 Å². The molecule has 0 saturated carbocycles. The molecule has 1 aromatic heterocycles. The van der Waals surface area contributed by atoms with Crippen molar-refractivity contribution in [1.82, 2.24) is 5.16 Å². The SMILES string of the molecule is Cc1noc2cc(S)ccc12. The van der Waals surface area contributed by atoms with E-state index >= 15 is 0 Å². The third-order valence-corrected chi connectivity index (χ3v) is 1.91. The average Bonchev–Trinajstić information content (AvgIpc) is 2.32. The molecular formula is C8H7NOS. The molecule has 0 bridgehead atoms. The maximum absolute atomic E-state index is 5.03. The fourth-order valence-corrected chi connectivity index (χ4v) is 1.24. The minimum atomic E-state index is 0.801. The highest BCUT2D eigenvalue weighted by atomic mass is 32.1. The number of hydrogen-bond acceptors (Lipinski definition) is 3. The summed E-state index contributed by atoms with van der Waals surface area (Å²) >= 11 is 4.18. The second-order valence-electron chi connectivity index (χ2n) is 2.45. The third kappa shape index (κ3) is 1.01. The molecule has 0 atom stereocenters. The van der Waals surface area contributed by atoms with Gasteiger partial charge in [-0.15, -0.1) is 12.6 Å². The number of thiol groups is 1. The molecular weight excluding hydrogens is 158 g/mol. The van der Waals surface area contributed by atoms with Crippen molar-refractivity contribution in [3.05, 3.63) is 23.9 Å². The highest BCUT2D eigenvalue weighted by Crippen LogP contribution is 2.20. The summed E-state index contributed by atoms with van der Waals surface area (Å²) < 4.78 is 5.03. The number of hydrogen-bond donors (Lipinski definition) is 1. The molecule has 2 aromatic rings. The maximum Gasteiger partial charge on any atom is 0.168 e. The van der Waals surface area contributed by atoms with Crippen molar-refractivity contribution in [1.29, 1.82) is 0 Å². The van der Waals surface area contributed by atoms with Crippen molar-refractivity contribution in [3.8, 4) is 0 Å². The molecule has 0 aliphatic heterocycles. The highest BCUT2D eigenvalue weighted by Gasteiger charge is 2.02. The van der Waals surface area contributed by atoms with Crippen LogP contribution in [0.25, 0.3) is 11.0 Å². The van der Waals surface area contributed by atoms with Gasteiger partial charge >= 0.3 is 0 Å². The molecule has 0 radical (unpaired) electrons. The van der Waals surface area contributed by atoms with Crippen molar-refractivity contribution in [2.24, 2.45) is 0 Å². The van der Waals surface area contributed by atoms with Gasteiger partial charge in [-0.2, -0.15) is 0 Å². The molecule has 11 heavy (non-hydrogen) atoms. The third-order valence-electron chi connectivity index (χ3n) is 1.64. The summed E-state index contributed by atoms with van der Waals surface area (Å²) in [5.41, 5.74) is 1.73. The van der Waals surface area contributed by atoms with Crippen molar-refractivity contribution >= 4 is 23.6 Å². The Bertz CT molecular complexity index is 394. The Morgan fingerprint density at radius 1 is 1.45 bits per heavy atom. The van der Waals surface area contributed by atoms with E-state index in [-0.39, 0.29) is 0 Å². The number of benzene rings is 1. The van der Waals surface area contributed by atoms with E-state index in [0.717, 1.165) is 21.6 Å². The van der Waals surface area contributed by atoms with Crippen LogP contribution in [0.5, 0.6) is 0 Å². The van der Waals surface area contributed by atoms with E-state index in [0.29, 0.717) is 0 Å². The first-order valence-corrected chi connectivity index (χ1v) is 3.77. The molecule has 0 spiro atoms. The maximum atomic E-state index is 5.03. The quantitative estimate of drug-likeness (QED) is 0.607. The van der Waals surface area contributed by atoms with E-state index in [9.17, 15) is 0 Å². The molecule has 0 aliphatic rings. The Hall–Kier alpha value is -0.960. The zero-order valence-electron chi connectivity index (χ0n) is 6.03. The van der Waals surface area contributed by atoms with E-state index in [4.69, 9.17) is 4.52 Å². The van der Waals surface area contributed by atoms with Crippen LogP contribution < -0.4 is 0 Å². The molecule has 2 nitrogen and oxygen atoms in total. The summed E-state index contributed by atoms with van der Waals surface area (Å²) in [7, 11) is 0. The lowest BCUT2D eigenvalue weighted by Gasteiger charge is -1.88. The second kappa shape index (κ2) is 2.27. The molecule has 0 unspecified atom stereocenters. The Kier molecular flexibility index (Phi) is 1.39.